The van der Waals surface area contributed by atoms with Gasteiger partial charge in [-0.3, -0.25) is 4.90 Å². The van der Waals surface area contributed by atoms with E-state index in [1.165, 1.54) is 22.8 Å². The number of allylic oxidation sites excluding steroid dienone is 1. The molecule has 2 fully saturated rings. The first-order chi connectivity index (χ1) is 15.7. The van der Waals surface area contributed by atoms with Crippen molar-refractivity contribution in [1.82, 2.24) is 4.90 Å². The Labute approximate surface area is 190 Å². The van der Waals surface area contributed by atoms with Crippen LogP contribution in [0.15, 0.2) is 60.7 Å². The third-order valence-corrected chi connectivity index (χ3v) is 7.88. The zero-order valence-corrected chi connectivity index (χ0v) is 18.7. The van der Waals surface area contributed by atoms with E-state index in [0.29, 0.717) is 0 Å². The maximum Gasteiger partial charge on any atom is 0.124 e. The van der Waals surface area contributed by atoms with Crippen LogP contribution in [0, 0.1) is 11.8 Å². The first-order valence-corrected chi connectivity index (χ1v) is 12.0. The molecule has 3 aliphatic rings. The molecule has 6 rings (SSSR count). The molecule has 3 unspecified atom stereocenters. The van der Waals surface area contributed by atoms with Gasteiger partial charge in [-0.1, -0.05) is 54.6 Å². The SMILES string of the molecule is COc1ccccc1C(O)C1CCN(Cc2c3c(cc4ccccc24)C=CC2CC32)CC1. The molecule has 0 bridgehead atoms. The van der Waals surface area contributed by atoms with E-state index in [2.05, 4.69) is 47.4 Å². The summed E-state index contributed by atoms with van der Waals surface area (Å²) in [4.78, 5) is 2.60. The van der Waals surface area contributed by atoms with Crippen LogP contribution in [0.1, 0.15) is 53.5 Å². The van der Waals surface area contributed by atoms with Crippen molar-refractivity contribution >= 4 is 16.8 Å². The summed E-state index contributed by atoms with van der Waals surface area (Å²) in [6.45, 7) is 3.07. The van der Waals surface area contributed by atoms with Gasteiger partial charge in [-0.05, 0) is 89.7 Å². The highest BCUT2D eigenvalue weighted by Crippen LogP contribution is 2.55. The monoisotopic (exact) mass is 425 g/mol. The predicted molar refractivity (Wildman–Crippen MR) is 130 cm³/mol. The number of rotatable bonds is 5. The minimum absolute atomic E-state index is 0.278. The molecule has 1 N–H and O–H groups in total. The summed E-state index contributed by atoms with van der Waals surface area (Å²) >= 11 is 0. The number of piperidine rings is 1. The Hall–Kier alpha value is -2.62. The molecule has 0 spiro atoms. The smallest absolute Gasteiger partial charge is 0.124 e. The molecule has 3 atom stereocenters. The van der Waals surface area contributed by atoms with Crippen LogP contribution in [0.3, 0.4) is 0 Å². The lowest BCUT2D eigenvalue weighted by Gasteiger charge is -2.35. The summed E-state index contributed by atoms with van der Waals surface area (Å²) in [6.07, 6.45) is 7.64. The van der Waals surface area contributed by atoms with Gasteiger partial charge in [-0.15, -0.1) is 0 Å². The van der Waals surface area contributed by atoms with Crippen LogP contribution in [0.2, 0.25) is 0 Å². The second-order valence-electron chi connectivity index (χ2n) is 9.74. The fourth-order valence-electron chi connectivity index (χ4n) is 6.01. The van der Waals surface area contributed by atoms with Crippen LogP contribution in [-0.4, -0.2) is 30.2 Å². The van der Waals surface area contributed by atoms with Gasteiger partial charge >= 0.3 is 0 Å². The number of likely N-dealkylation sites (tertiary alicyclic amines) is 1. The van der Waals surface area contributed by atoms with E-state index >= 15 is 0 Å². The lowest BCUT2D eigenvalue weighted by Crippen LogP contribution is -2.35. The van der Waals surface area contributed by atoms with Crippen molar-refractivity contribution in [2.45, 2.75) is 37.8 Å². The summed E-state index contributed by atoms with van der Waals surface area (Å²) in [5.74, 6) is 2.54. The lowest BCUT2D eigenvalue weighted by atomic mass is 9.85. The maximum absolute atomic E-state index is 11.1. The average Bonchev–Trinajstić information content (AvgIpc) is 3.64. The van der Waals surface area contributed by atoms with Crippen molar-refractivity contribution < 1.29 is 9.84 Å². The molecule has 0 radical (unpaired) electrons. The summed E-state index contributed by atoms with van der Waals surface area (Å²) < 4.78 is 5.49. The fraction of sp³-hybridized carbons (Fsp3) is 0.379. The van der Waals surface area contributed by atoms with Crippen LogP contribution in [0.25, 0.3) is 16.8 Å². The molecule has 3 aromatic carbocycles. The Balaban J connectivity index is 1.23. The summed E-state index contributed by atoms with van der Waals surface area (Å²) in [5.41, 5.74) is 5.49. The van der Waals surface area contributed by atoms with Crippen LogP contribution in [-0.2, 0) is 6.54 Å². The van der Waals surface area contributed by atoms with E-state index in [4.69, 9.17) is 4.74 Å². The zero-order valence-electron chi connectivity index (χ0n) is 18.7. The number of nitrogens with zero attached hydrogens (tertiary/aromatic N) is 1. The number of methoxy groups -OCH3 is 1. The van der Waals surface area contributed by atoms with Gasteiger partial charge in [0.15, 0.2) is 0 Å². The van der Waals surface area contributed by atoms with Crippen LogP contribution in [0.5, 0.6) is 5.75 Å². The standard InChI is InChI=1S/C29H31NO2/c1-32-27-9-5-4-8-24(27)29(31)19-12-14-30(15-13-19)18-26-23-7-3-2-6-20(23)16-22-11-10-21-17-25(21)28(22)26/h2-11,16,19,21,25,29,31H,12-15,17-18H2,1H3. The molecule has 32 heavy (non-hydrogen) atoms. The number of ether oxygens (including phenoxy) is 1. The Bertz CT molecular complexity index is 1170. The molecule has 0 amide bonds. The third kappa shape index (κ3) is 3.44. The highest BCUT2D eigenvalue weighted by atomic mass is 16.5. The number of fused-ring (bicyclic) bond motifs is 4. The topological polar surface area (TPSA) is 32.7 Å². The largest absolute Gasteiger partial charge is 0.496 e. The van der Waals surface area contributed by atoms with E-state index < -0.39 is 6.10 Å². The maximum atomic E-state index is 11.1. The molecule has 1 aliphatic heterocycles. The second-order valence-corrected chi connectivity index (χ2v) is 9.74. The number of benzene rings is 3. The van der Waals surface area contributed by atoms with Gasteiger partial charge in [0.1, 0.15) is 5.75 Å². The van der Waals surface area contributed by atoms with Gasteiger partial charge < -0.3 is 9.84 Å². The summed E-state index contributed by atoms with van der Waals surface area (Å²) in [7, 11) is 1.68. The van der Waals surface area contributed by atoms with Crippen LogP contribution in [0.4, 0.5) is 0 Å². The summed E-state index contributed by atoms with van der Waals surface area (Å²) in [6, 6.07) is 19.2. The van der Waals surface area contributed by atoms with Crippen molar-refractivity contribution in [3.63, 3.8) is 0 Å². The van der Waals surface area contributed by atoms with Gasteiger partial charge in [0.2, 0.25) is 0 Å². The first kappa shape index (κ1) is 20.0. The van der Waals surface area contributed by atoms with Crippen molar-refractivity contribution in [1.29, 1.82) is 0 Å². The minimum Gasteiger partial charge on any atom is -0.496 e. The number of para-hydroxylation sites is 1. The van der Waals surface area contributed by atoms with E-state index in [1.807, 2.05) is 24.3 Å². The van der Waals surface area contributed by atoms with Crippen molar-refractivity contribution in [3.05, 3.63) is 82.9 Å². The number of aliphatic hydroxyl groups is 1. The molecule has 3 aromatic rings. The number of hydrogen-bond donors (Lipinski definition) is 1. The highest BCUT2D eigenvalue weighted by Gasteiger charge is 2.41. The van der Waals surface area contributed by atoms with Crippen LogP contribution >= 0.6 is 0 Å². The average molecular weight is 426 g/mol. The van der Waals surface area contributed by atoms with Crippen LogP contribution < -0.4 is 4.74 Å². The normalized spacial score (nSPS) is 23.6. The lowest BCUT2D eigenvalue weighted by molar-refractivity contribution is 0.0552. The van der Waals surface area contributed by atoms with Gasteiger partial charge in [0.25, 0.3) is 0 Å². The second kappa shape index (κ2) is 8.06. The Morgan fingerprint density at radius 1 is 1.06 bits per heavy atom. The molecule has 0 aromatic heterocycles. The number of aliphatic hydroxyl groups excluding tert-OH is 1. The molecule has 3 heteroatoms. The van der Waals surface area contributed by atoms with E-state index in [-0.39, 0.29) is 5.92 Å². The van der Waals surface area contributed by atoms with Gasteiger partial charge in [0, 0.05) is 12.1 Å². The molecule has 164 valence electrons. The molecule has 2 aliphatic carbocycles. The molecular weight excluding hydrogens is 394 g/mol. The van der Waals surface area contributed by atoms with Crippen molar-refractivity contribution in [2.24, 2.45) is 11.8 Å². The quantitative estimate of drug-likeness (QED) is 0.550. The minimum atomic E-state index is -0.462. The van der Waals surface area contributed by atoms with Gasteiger partial charge in [-0.2, -0.15) is 0 Å². The van der Waals surface area contributed by atoms with Gasteiger partial charge in [0.05, 0.1) is 13.2 Å². The van der Waals surface area contributed by atoms with E-state index in [1.54, 1.807) is 18.2 Å². The van der Waals surface area contributed by atoms with Crippen molar-refractivity contribution in [3.8, 4) is 5.75 Å². The molecule has 3 nitrogen and oxygen atoms in total. The molecule has 1 saturated heterocycles. The molecule has 1 heterocycles. The summed E-state index contributed by atoms with van der Waals surface area (Å²) in [5, 5.41) is 13.8. The first-order valence-electron chi connectivity index (χ1n) is 12.0. The molecular formula is C29H31NO2. The van der Waals surface area contributed by atoms with E-state index in [9.17, 15) is 5.11 Å². The zero-order chi connectivity index (χ0) is 21.7. The predicted octanol–water partition coefficient (Wildman–Crippen LogP) is 5.92. The van der Waals surface area contributed by atoms with Gasteiger partial charge in [-0.25, -0.2) is 0 Å². The fourth-order valence-corrected chi connectivity index (χ4v) is 6.01. The Morgan fingerprint density at radius 3 is 2.69 bits per heavy atom. The molecule has 1 saturated carbocycles. The number of hydrogen-bond acceptors (Lipinski definition) is 3. The third-order valence-electron chi connectivity index (χ3n) is 7.88. The highest BCUT2D eigenvalue weighted by molar-refractivity contribution is 5.90. The van der Waals surface area contributed by atoms with E-state index in [0.717, 1.165) is 55.6 Å². The Morgan fingerprint density at radius 2 is 1.84 bits per heavy atom. The Kier molecular flexibility index (Phi) is 5.04. The van der Waals surface area contributed by atoms with Crippen molar-refractivity contribution in [2.75, 3.05) is 20.2 Å².